The summed E-state index contributed by atoms with van der Waals surface area (Å²) in [6.07, 6.45) is 1.77. The Hall–Kier alpha value is -1.64. The maximum atomic E-state index is 8.79. The van der Waals surface area contributed by atoms with Crippen molar-refractivity contribution in [3.8, 4) is 6.07 Å². The lowest BCUT2D eigenvalue weighted by atomic mass is 9.91. The number of morpholine rings is 1. The Kier molecular flexibility index (Phi) is 5.16. The predicted molar refractivity (Wildman–Crippen MR) is 83.3 cm³/mol. The van der Waals surface area contributed by atoms with Gasteiger partial charge in [0.2, 0.25) is 0 Å². The van der Waals surface area contributed by atoms with Crippen molar-refractivity contribution >= 4 is 5.69 Å². The van der Waals surface area contributed by atoms with E-state index in [1.165, 1.54) is 0 Å². The molecule has 0 aliphatic carbocycles. The van der Waals surface area contributed by atoms with Gasteiger partial charge in [-0.25, -0.2) is 4.98 Å². The lowest BCUT2D eigenvalue weighted by Gasteiger charge is -2.37. The third kappa shape index (κ3) is 4.69. The molecule has 0 aromatic carbocycles. The monoisotopic (exact) mass is 288 g/mol. The number of hydrogen-bond acceptors (Lipinski definition) is 5. The van der Waals surface area contributed by atoms with Crippen molar-refractivity contribution in [2.24, 2.45) is 5.41 Å². The molecule has 0 unspecified atom stereocenters. The summed E-state index contributed by atoms with van der Waals surface area (Å²) in [5.41, 5.74) is 1.68. The Bertz CT molecular complexity index is 486. The Labute approximate surface area is 127 Å². The van der Waals surface area contributed by atoms with E-state index < -0.39 is 0 Å². The minimum atomic E-state index is 0.181. The predicted octanol–water partition coefficient (Wildman–Crippen LogP) is 1.75. The first-order valence-corrected chi connectivity index (χ1v) is 7.37. The molecule has 0 N–H and O–H groups in total. The lowest BCUT2D eigenvalue weighted by molar-refractivity contribution is 0.0223. The number of rotatable bonds is 5. The highest BCUT2D eigenvalue weighted by Crippen LogP contribution is 2.22. The number of nitrogens with zero attached hydrogens (tertiary/aromatic N) is 4. The minimum Gasteiger partial charge on any atom is -0.379 e. The van der Waals surface area contributed by atoms with Crippen LogP contribution in [-0.4, -0.2) is 56.3 Å². The first kappa shape index (κ1) is 15.7. The molecule has 0 amide bonds. The van der Waals surface area contributed by atoms with E-state index in [9.17, 15) is 0 Å². The van der Waals surface area contributed by atoms with Gasteiger partial charge in [0.05, 0.1) is 25.1 Å². The molecule has 0 bridgehead atoms. The fourth-order valence-corrected chi connectivity index (χ4v) is 2.83. The number of hydrogen-bond donors (Lipinski definition) is 0. The molecule has 1 fully saturated rings. The van der Waals surface area contributed by atoms with Gasteiger partial charge in [0.15, 0.2) is 0 Å². The van der Waals surface area contributed by atoms with Crippen molar-refractivity contribution in [2.75, 3.05) is 51.3 Å². The van der Waals surface area contributed by atoms with E-state index in [2.05, 4.69) is 35.7 Å². The summed E-state index contributed by atoms with van der Waals surface area (Å²) in [4.78, 5) is 8.80. The Morgan fingerprint density at radius 3 is 2.67 bits per heavy atom. The lowest BCUT2D eigenvalue weighted by Crippen LogP contribution is -2.45. The van der Waals surface area contributed by atoms with Crippen LogP contribution >= 0.6 is 0 Å². The molecule has 21 heavy (non-hydrogen) atoms. The molecule has 0 radical (unpaired) electrons. The molecular weight excluding hydrogens is 264 g/mol. The second-order valence-corrected chi connectivity index (χ2v) is 6.42. The highest BCUT2D eigenvalue weighted by molar-refractivity contribution is 5.45. The van der Waals surface area contributed by atoms with Crippen LogP contribution in [0.4, 0.5) is 5.69 Å². The van der Waals surface area contributed by atoms with Crippen LogP contribution in [-0.2, 0) is 4.74 Å². The quantitative estimate of drug-likeness (QED) is 0.826. The molecule has 114 valence electrons. The van der Waals surface area contributed by atoms with Crippen LogP contribution in [0.5, 0.6) is 0 Å². The molecule has 0 spiro atoms. The van der Waals surface area contributed by atoms with E-state index in [4.69, 9.17) is 10.00 Å². The van der Waals surface area contributed by atoms with E-state index in [-0.39, 0.29) is 5.41 Å². The zero-order valence-corrected chi connectivity index (χ0v) is 13.2. The Morgan fingerprint density at radius 1 is 1.38 bits per heavy atom. The molecule has 1 saturated heterocycles. The molecule has 5 nitrogen and oxygen atoms in total. The van der Waals surface area contributed by atoms with Gasteiger partial charge in [-0.3, -0.25) is 4.90 Å². The zero-order valence-electron chi connectivity index (χ0n) is 13.2. The van der Waals surface area contributed by atoms with E-state index in [0.717, 1.165) is 45.1 Å². The number of aromatic nitrogens is 1. The van der Waals surface area contributed by atoms with Gasteiger partial charge in [-0.05, 0) is 17.5 Å². The number of ether oxygens (including phenoxy) is 1. The van der Waals surface area contributed by atoms with Gasteiger partial charge in [0.25, 0.3) is 0 Å². The van der Waals surface area contributed by atoms with Gasteiger partial charge in [-0.1, -0.05) is 13.8 Å². The molecular formula is C16H24N4O. The van der Waals surface area contributed by atoms with E-state index in [0.29, 0.717) is 5.69 Å². The smallest absolute Gasteiger partial charge is 0.140 e. The Balaban J connectivity index is 1.92. The van der Waals surface area contributed by atoms with Gasteiger partial charge >= 0.3 is 0 Å². The van der Waals surface area contributed by atoms with Gasteiger partial charge in [-0.2, -0.15) is 5.26 Å². The minimum absolute atomic E-state index is 0.181. The molecule has 1 aromatic heterocycles. The van der Waals surface area contributed by atoms with Gasteiger partial charge in [0.1, 0.15) is 11.8 Å². The molecule has 5 heteroatoms. The molecule has 1 aliphatic heterocycles. The highest BCUT2D eigenvalue weighted by atomic mass is 16.5. The van der Waals surface area contributed by atoms with E-state index in [1.807, 2.05) is 12.1 Å². The van der Waals surface area contributed by atoms with Crippen molar-refractivity contribution in [2.45, 2.75) is 13.8 Å². The topological polar surface area (TPSA) is 52.4 Å². The van der Waals surface area contributed by atoms with Crippen molar-refractivity contribution in [3.05, 3.63) is 24.0 Å². The summed E-state index contributed by atoms with van der Waals surface area (Å²) < 4.78 is 5.40. The third-order valence-corrected chi connectivity index (χ3v) is 3.72. The molecule has 1 aliphatic rings. The first-order chi connectivity index (χ1) is 10.00. The summed E-state index contributed by atoms with van der Waals surface area (Å²) in [6, 6.07) is 5.77. The van der Waals surface area contributed by atoms with Crippen LogP contribution in [0.3, 0.4) is 0 Å². The fourth-order valence-electron chi connectivity index (χ4n) is 2.83. The summed E-state index contributed by atoms with van der Waals surface area (Å²) >= 11 is 0. The van der Waals surface area contributed by atoms with Crippen molar-refractivity contribution < 1.29 is 4.74 Å². The maximum absolute atomic E-state index is 8.79. The number of pyridine rings is 1. The van der Waals surface area contributed by atoms with Crippen LogP contribution in [0, 0.1) is 16.7 Å². The second kappa shape index (κ2) is 6.88. The first-order valence-electron chi connectivity index (χ1n) is 7.37. The molecule has 0 saturated carbocycles. The third-order valence-electron chi connectivity index (χ3n) is 3.72. The largest absolute Gasteiger partial charge is 0.379 e. The zero-order chi connectivity index (χ0) is 15.3. The SMILES string of the molecule is CN(CC(C)(C)CN1CCOCC1)c1ccc(C#N)nc1. The number of anilines is 1. The molecule has 0 atom stereocenters. The van der Waals surface area contributed by atoms with Gasteiger partial charge < -0.3 is 9.64 Å². The van der Waals surface area contributed by atoms with Crippen LogP contribution in [0.1, 0.15) is 19.5 Å². The van der Waals surface area contributed by atoms with Crippen molar-refractivity contribution in [1.82, 2.24) is 9.88 Å². The average Bonchev–Trinajstić information content (AvgIpc) is 2.47. The van der Waals surface area contributed by atoms with Crippen LogP contribution in [0.15, 0.2) is 18.3 Å². The van der Waals surface area contributed by atoms with E-state index in [1.54, 1.807) is 12.3 Å². The van der Waals surface area contributed by atoms with Crippen LogP contribution < -0.4 is 4.90 Å². The summed E-state index contributed by atoms with van der Waals surface area (Å²) in [5, 5.41) is 8.79. The van der Waals surface area contributed by atoms with E-state index >= 15 is 0 Å². The van der Waals surface area contributed by atoms with Crippen molar-refractivity contribution in [1.29, 1.82) is 5.26 Å². The van der Waals surface area contributed by atoms with Gasteiger partial charge in [-0.15, -0.1) is 0 Å². The normalized spacial score (nSPS) is 16.5. The molecule has 2 rings (SSSR count). The second-order valence-electron chi connectivity index (χ2n) is 6.42. The molecule has 1 aromatic rings. The standard InChI is InChI=1S/C16H24N4O/c1-16(2,13-20-6-8-21-9-7-20)12-19(3)15-5-4-14(10-17)18-11-15/h4-5,11H,6-9,12-13H2,1-3H3. The Morgan fingerprint density at radius 2 is 2.10 bits per heavy atom. The van der Waals surface area contributed by atoms with Crippen molar-refractivity contribution in [3.63, 3.8) is 0 Å². The van der Waals surface area contributed by atoms with Crippen LogP contribution in [0.25, 0.3) is 0 Å². The maximum Gasteiger partial charge on any atom is 0.140 e. The summed E-state index contributed by atoms with van der Waals surface area (Å²) in [6.45, 7) is 10.3. The van der Waals surface area contributed by atoms with Gasteiger partial charge in [0, 0.05) is 33.2 Å². The fraction of sp³-hybridized carbons (Fsp3) is 0.625. The molecule has 2 heterocycles. The average molecular weight is 288 g/mol. The number of nitriles is 1. The summed E-state index contributed by atoms with van der Waals surface area (Å²) in [7, 11) is 2.07. The highest BCUT2D eigenvalue weighted by Gasteiger charge is 2.25. The van der Waals surface area contributed by atoms with Crippen LogP contribution in [0.2, 0.25) is 0 Å². The summed E-state index contributed by atoms with van der Waals surface area (Å²) in [5.74, 6) is 0.